The topological polar surface area (TPSA) is 78.9 Å². The van der Waals surface area contributed by atoms with E-state index in [0.717, 1.165) is 141 Å². The third-order valence-corrected chi connectivity index (χ3v) is 13.9. The van der Waals surface area contributed by atoms with Gasteiger partial charge in [-0.1, -0.05) is 271 Å². The Hall–Kier alpha value is -4.19. The molecule has 1 unspecified atom stereocenters. The second-order valence-electron chi connectivity index (χ2n) is 21.6. The maximum Gasteiger partial charge on any atom is 0.306 e. The molecule has 6 nitrogen and oxygen atoms in total. The van der Waals surface area contributed by atoms with Gasteiger partial charge in [0.25, 0.3) is 0 Å². The van der Waals surface area contributed by atoms with Crippen molar-refractivity contribution in [3.05, 3.63) is 122 Å². The first-order chi connectivity index (χ1) is 39.0. The van der Waals surface area contributed by atoms with Gasteiger partial charge in [0, 0.05) is 19.3 Å². The van der Waals surface area contributed by atoms with Gasteiger partial charge in [-0.2, -0.15) is 0 Å². The van der Waals surface area contributed by atoms with Crippen LogP contribution in [0.25, 0.3) is 0 Å². The first-order valence-electron chi connectivity index (χ1n) is 33.0. The Morgan fingerprint density at radius 2 is 0.494 bits per heavy atom. The number of unbranched alkanes of at least 4 members (excludes halogenated alkanes) is 28. The predicted octanol–water partition coefficient (Wildman–Crippen LogP) is 22.8. The minimum absolute atomic E-state index is 0.0910. The van der Waals surface area contributed by atoms with Crippen LogP contribution in [0.15, 0.2) is 122 Å². The molecule has 0 amide bonds. The second-order valence-corrected chi connectivity index (χ2v) is 21.6. The Morgan fingerprint density at radius 3 is 0.785 bits per heavy atom. The van der Waals surface area contributed by atoms with E-state index in [1.807, 2.05) is 0 Å². The third kappa shape index (κ3) is 64.5. The van der Waals surface area contributed by atoms with E-state index in [1.54, 1.807) is 0 Å². The molecular formula is C73H122O6. The van der Waals surface area contributed by atoms with Crippen molar-refractivity contribution in [1.29, 1.82) is 0 Å². The zero-order valence-corrected chi connectivity index (χ0v) is 51.6. The summed E-state index contributed by atoms with van der Waals surface area (Å²) in [7, 11) is 0. The Bertz CT molecular complexity index is 1640. The molecule has 0 rings (SSSR count). The normalized spacial score (nSPS) is 12.9. The lowest BCUT2D eigenvalue weighted by atomic mass is 10.1. The van der Waals surface area contributed by atoms with E-state index in [9.17, 15) is 14.4 Å². The molecule has 79 heavy (non-hydrogen) atoms. The Balaban J connectivity index is 4.35. The van der Waals surface area contributed by atoms with Crippen LogP contribution in [0.1, 0.15) is 303 Å². The average molecular weight is 1100 g/mol. The molecular weight excluding hydrogens is 973 g/mol. The third-order valence-electron chi connectivity index (χ3n) is 13.9. The zero-order chi connectivity index (χ0) is 57.1. The van der Waals surface area contributed by atoms with Crippen LogP contribution in [-0.2, 0) is 28.6 Å². The molecule has 0 heterocycles. The van der Waals surface area contributed by atoms with E-state index >= 15 is 0 Å². The van der Waals surface area contributed by atoms with Crippen molar-refractivity contribution in [3.8, 4) is 0 Å². The number of hydrogen-bond donors (Lipinski definition) is 0. The van der Waals surface area contributed by atoms with Crippen LogP contribution in [0.2, 0.25) is 0 Å². The largest absolute Gasteiger partial charge is 0.462 e. The van der Waals surface area contributed by atoms with Crippen LogP contribution in [0.3, 0.4) is 0 Å². The second kappa shape index (κ2) is 66.3. The van der Waals surface area contributed by atoms with Gasteiger partial charge in [-0.15, -0.1) is 0 Å². The smallest absolute Gasteiger partial charge is 0.306 e. The molecule has 0 saturated carbocycles. The van der Waals surface area contributed by atoms with E-state index in [-0.39, 0.29) is 31.1 Å². The average Bonchev–Trinajstić information content (AvgIpc) is 3.45. The summed E-state index contributed by atoms with van der Waals surface area (Å²) >= 11 is 0. The number of rotatable bonds is 59. The Labute approximate surface area is 488 Å². The molecule has 0 aromatic carbocycles. The standard InChI is InChI=1S/C73H122O6/c1-4-7-10-13-16-19-22-25-28-29-30-31-32-33-34-35-36-37-38-39-40-41-42-43-46-48-51-54-57-60-63-66-72(75)78-69-70(79-73(76)67-64-61-58-55-52-49-45-27-24-21-18-15-12-9-6-3)68-77-71(74)65-62-59-56-53-50-47-44-26-23-20-17-14-11-8-5-2/h7,10,16,19,25-28,30-31,33-34,36-37,39-40,42-45,70H,4-6,8-9,11-15,17-18,20-24,29,32,35,38,41,46-69H2,1-3H3/b10-7-,19-16-,28-25-,31-30-,34-33-,37-36-,40-39-,43-42-,44-26-,45-27-. The number of carbonyl (C=O) groups is 3. The summed E-state index contributed by atoms with van der Waals surface area (Å²) in [6, 6.07) is 0. The highest BCUT2D eigenvalue weighted by atomic mass is 16.6. The molecule has 0 aromatic heterocycles. The van der Waals surface area contributed by atoms with Crippen LogP contribution in [0.4, 0.5) is 0 Å². The fraction of sp³-hybridized carbons (Fsp3) is 0.685. The van der Waals surface area contributed by atoms with Crippen molar-refractivity contribution in [2.24, 2.45) is 0 Å². The highest BCUT2D eigenvalue weighted by Gasteiger charge is 2.19. The minimum atomic E-state index is -0.795. The number of esters is 3. The molecule has 0 radical (unpaired) electrons. The quantitative estimate of drug-likeness (QED) is 0.0261. The van der Waals surface area contributed by atoms with Gasteiger partial charge in [0.15, 0.2) is 6.10 Å². The van der Waals surface area contributed by atoms with Gasteiger partial charge in [-0.3, -0.25) is 14.4 Å². The van der Waals surface area contributed by atoms with E-state index in [0.29, 0.717) is 19.3 Å². The van der Waals surface area contributed by atoms with Crippen LogP contribution in [0.5, 0.6) is 0 Å². The molecule has 0 saturated heterocycles. The first kappa shape index (κ1) is 74.8. The highest BCUT2D eigenvalue weighted by molar-refractivity contribution is 5.71. The molecule has 0 N–H and O–H groups in total. The minimum Gasteiger partial charge on any atom is -0.462 e. The molecule has 0 aliphatic heterocycles. The molecule has 0 aliphatic carbocycles. The van der Waals surface area contributed by atoms with Gasteiger partial charge < -0.3 is 14.2 Å². The van der Waals surface area contributed by atoms with Crippen molar-refractivity contribution in [2.45, 2.75) is 309 Å². The lowest BCUT2D eigenvalue weighted by Gasteiger charge is -2.18. The van der Waals surface area contributed by atoms with Crippen molar-refractivity contribution in [3.63, 3.8) is 0 Å². The number of ether oxygens (including phenoxy) is 3. The van der Waals surface area contributed by atoms with Gasteiger partial charge in [0.1, 0.15) is 13.2 Å². The van der Waals surface area contributed by atoms with Crippen molar-refractivity contribution in [1.82, 2.24) is 0 Å². The summed E-state index contributed by atoms with van der Waals surface area (Å²) in [4.78, 5) is 38.3. The molecule has 0 fully saturated rings. The first-order valence-corrected chi connectivity index (χ1v) is 33.0. The van der Waals surface area contributed by atoms with E-state index in [4.69, 9.17) is 14.2 Å². The van der Waals surface area contributed by atoms with Crippen LogP contribution in [0, 0.1) is 0 Å². The van der Waals surface area contributed by atoms with Gasteiger partial charge in [-0.25, -0.2) is 0 Å². The molecule has 6 heteroatoms. The van der Waals surface area contributed by atoms with Gasteiger partial charge >= 0.3 is 17.9 Å². The van der Waals surface area contributed by atoms with Gasteiger partial charge in [0.2, 0.25) is 0 Å². The predicted molar refractivity (Wildman–Crippen MR) is 343 cm³/mol. The maximum absolute atomic E-state index is 12.9. The SMILES string of the molecule is CC/C=C\C/C=C\C/C=C\C/C=C\C/C=C\C/C=C\C/C=C\C/C=C\CCCCCCCCC(=O)OCC(COC(=O)CCCCCCC/C=C\CCCCCCCC)OC(=O)CCCCCCC/C=C\CCCCCCCC. The van der Waals surface area contributed by atoms with Crippen LogP contribution in [-0.4, -0.2) is 37.2 Å². The van der Waals surface area contributed by atoms with E-state index in [2.05, 4.69) is 142 Å². The zero-order valence-electron chi connectivity index (χ0n) is 51.6. The Morgan fingerprint density at radius 1 is 0.266 bits per heavy atom. The summed E-state index contributed by atoms with van der Waals surface area (Å²) < 4.78 is 16.9. The maximum atomic E-state index is 12.9. The van der Waals surface area contributed by atoms with Crippen molar-refractivity contribution >= 4 is 17.9 Å². The van der Waals surface area contributed by atoms with Gasteiger partial charge in [0.05, 0.1) is 0 Å². The van der Waals surface area contributed by atoms with Crippen molar-refractivity contribution in [2.75, 3.05) is 13.2 Å². The van der Waals surface area contributed by atoms with Gasteiger partial charge in [-0.05, 0) is 135 Å². The fourth-order valence-electron chi connectivity index (χ4n) is 8.98. The highest BCUT2D eigenvalue weighted by Crippen LogP contribution is 2.15. The summed E-state index contributed by atoms with van der Waals surface area (Å²) in [5.74, 6) is -0.916. The molecule has 0 spiro atoms. The molecule has 0 bridgehead atoms. The molecule has 0 aliphatic rings. The molecule has 1 atom stereocenters. The summed E-state index contributed by atoms with van der Waals surface area (Å²) in [6.45, 7) is 6.50. The monoisotopic (exact) mass is 1090 g/mol. The van der Waals surface area contributed by atoms with Crippen LogP contribution >= 0.6 is 0 Å². The summed E-state index contributed by atoms with van der Waals surface area (Å²) in [5.41, 5.74) is 0. The number of carbonyl (C=O) groups excluding carboxylic acids is 3. The fourth-order valence-corrected chi connectivity index (χ4v) is 8.98. The van der Waals surface area contributed by atoms with E-state index in [1.165, 1.54) is 122 Å². The lowest BCUT2D eigenvalue weighted by molar-refractivity contribution is -0.167. The van der Waals surface area contributed by atoms with E-state index < -0.39 is 6.10 Å². The number of allylic oxidation sites excluding steroid dienone is 20. The summed E-state index contributed by atoms with van der Waals surface area (Å²) in [5, 5.41) is 0. The molecule has 0 aromatic rings. The molecule has 450 valence electrons. The summed E-state index contributed by atoms with van der Waals surface area (Å²) in [6.07, 6.45) is 92.0. The van der Waals surface area contributed by atoms with Crippen molar-refractivity contribution < 1.29 is 28.6 Å². The number of hydrogen-bond acceptors (Lipinski definition) is 6. The Kier molecular flexibility index (Phi) is 62.8. The van der Waals surface area contributed by atoms with Crippen LogP contribution < -0.4 is 0 Å². The lowest BCUT2D eigenvalue weighted by Crippen LogP contribution is -2.30.